The number of methoxy groups -OCH3 is 1. The lowest BCUT2D eigenvalue weighted by Crippen LogP contribution is -2.51. The highest BCUT2D eigenvalue weighted by Gasteiger charge is 2.33. The molecule has 0 bridgehead atoms. The minimum absolute atomic E-state index is 0.136. The molecule has 2 aromatic carbocycles. The van der Waals surface area contributed by atoms with E-state index in [-0.39, 0.29) is 11.5 Å². The average Bonchev–Trinajstić information content (AvgIpc) is 2.87. The molecule has 1 N–H and O–H groups in total. The molecule has 6 nitrogen and oxygen atoms in total. The monoisotopic (exact) mass is 445 g/mol. The third-order valence-electron chi connectivity index (χ3n) is 7.27. The van der Waals surface area contributed by atoms with Crippen LogP contribution in [-0.2, 0) is 0 Å². The Morgan fingerprint density at radius 2 is 1.76 bits per heavy atom. The molecular weight excluding hydrogens is 414 g/mol. The molecular formula is C27H31N3O3. The van der Waals surface area contributed by atoms with Crippen molar-refractivity contribution in [1.29, 1.82) is 0 Å². The first-order chi connectivity index (χ1) is 16.2. The molecule has 2 fully saturated rings. The first-order valence-electron chi connectivity index (χ1n) is 12.0. The van der Waals surface area contributed by atoms with Crippen LogP contribution in [0.1, 0.15) is 42.5 Å². The number of para-hydroxylation sites is 2. The number of amides is 1. The number of benzene rings is 2. The van der Waals surface area contributed by atoms with Crippen LogP contribution in [-0.4, -0.2) is 48.2 Å². The molecule has 2 saturated heterocycles. The smallest absolute Gasteiger partial charge is 0.263 e. The number of hydrogen-bond donors (Lipinski definition) is 1. The van der Waals surface area contributed by atoms with Crippen LogP contribution in [0, 0.1) is 5.92 Å². The van der Waals surface area contributed by atoms with E-state index in [0.717, 1.165) is 6.42 Å². The molecule has 0 aliphatic carbocycles. The van der Waals surface area contributed by atoms with Crippen LogP contribution in [0.4, 0.5) is 0 Å². The van der Waals surface area contributed by atoms with Crippen molar-refractivity contribution < 1.29 is 9.53 Å². The number of aromatic nitrogens is 1. The van der Waals surface area contributed by atoms with Gasteiger partial charge in [0.15, 0.2) is 0 Å². The van der Waals surface area contributed by atoms with Gasteiger partial charge in [-0.3, -0.25) is 14.2 Å². The van der Waals surface area contributed by atoms with E-state index in [1.165, 1.54) is 43.3 Å². The van der Waals surface area contributed by atoms with Crippen LogP contribution in [0.5, 0.6) is 5.75 Å². The zero-order chi connectivity index (χ0) is 22.8. The van der Waals surface area contributed by atoms with E-state index in [1.807, 2.05) is 42.5 Å². The Kier molecular flexibility index (Phi) is 6.18. The maximum absolute atomic E-state index is 13.4. The molecule has 1 amide bonds. The van der Waals surface area contributed by atoms with Crippen molar-refractivity contribution in [2.24, 2.45) is 5.92 Å². The van der Waals surface area contributed by atoms with Crippen molar-refractivity contribution in [2.75, 3.05) is 26.7 Å². The molecule has 1 aromatic heterocycles. The predicted octanol–water partition coefficient (Wildman–Crippen LogP) is 3.99. The number of rotatable bonds is 5. The van der Waals surface area contributed by atoms with Gasteiger partial charge in [-0.25, -0.2) is 0 Å². The lowest BCUT2D eigenvalue weighted by Gasteiger charge is -2.44. The zero-order valence-electron chi connectivity index (χ0n) is 19.1. The van der Waals surface area contributed by atoms with Gasteiger partial charge in [-0.15, -0.1) is 0 Å². The van der Waals surface area contributed by atoms with E-state index in [2.05, 4.69) is 10.2 Å². The van der Waals surface area contributed by atoms with Gasteiger partial charge in [0, 0.05) is 29.6 Å². The zero-order valence-corrected chi connectivity index (χ0v) is 19.1. The second-order valence-electron chi connectivity index (χ2n) is 9.15. The molecule has 2 atom stereocenters. The van der Waals surface area contributed by atoms with E-state index in [0.29, 0.717) is 46.3 Å². The van der Waals surface area contributed by atoms with Crippen molar-refractivity contribution in [3.8, 4) is 11.4 Å². The number of nitrogens with zero attached hydrogens (tertiary/aromatic N) is 2. The molecule has 0 saturated carbocycles. The van der Waals surface area contributed by atoms with Gasteiger partial charge in [0.1, 0.15) is 5.75 Å². The normalized spacial score (nSPS) is 20.9. The Morgan fingerprint density at radius 3 is 2.61 bits per heavy atom. The van der Waals surface area contributed by atoms with Crippen LogP contribution >= 0.6 is 0 Å². The van der Waals surface area contributed by atoms with Crippen LogP contribution < -0.4 is 15.6 Å². The number of carbonyl (C=O) groups is 1. The highest BCUT2D eigenvalue weighted by atomic mass is 16.5. The lowest BCUT2D eigenvalue weighted by atomic mass is 9.83. The predicted molar refractivity (Wildman–Crippen MR) is 130 cm³/mol. The summed E-state index contributed by atoms with van der Waals surface area (Å²) in [5.41, 5.74) is 0.958. The van der Waals surface area contributed by atoms with Crippen molar-refractivity contribution >= 4 is 16.7 Å². The molecule has 33 heavy (non-hydrogen) atoms. The van der Waals surface area contributed by atoms with Crippen molar-refractivity contribution in [2.45, 2.75) is 38.1 Å². The van der Waals surface area contributed by atoms with E-state index in [4.69, 9.17) is 4.74 Å². The highest BCUT2D eigenvalue weighted by molar-refractivity contribution is 6.06. The summed E-state index contributed by atoms with van der Waals surface area (Å²) < 4.78 is 7.01. The first-order valence-corrected chi connectivity index (χ1v) is 12.0. The number of ether oxygens (including phenoxy) is 1. The van der Waals surface area contributed by atoms with Crippen LogP contribution in [0.2, 0.25) is 0 Å². The summed E-state index contributed by atoms with van der Waals surface area (Å²) in [5, 5.41) is 4.40. The maximum Gasteiger partial charge on any atom is 0.263 e. The SMILES string of the molecule is COc1ccccc1-n1cc(C(=O)NCC2CCCN3CCCCC23)c2ccccc2c1=O. The lowest BCUT2D eigenvalue weighted by molar-refractivity contribution is 0.0576. The first kappa shape index (κ1) is 21.7. The Bertz CT molecular complexity index is 1220. The Hall–Kier alpha value is -3.12. The van der Waals surface area contributed by atoms with Crippen molar-refractivity contribution in [3.63, 3.8) is 0 Å². The molecule has 2 aliphatic heterocycles. The molecule has 2 unspecified atom stereocenters. The third-order valence-corrected chi connectivity index (χ3v) is 7.27. The van der Waals surface area contributed by atoms with Gasteiger partial charge in [0.2, 0.25) is 0 Å². The molecule has 5 rings (SSSR count). The van der Waals surface area contributed by atoms with Crippen LogP contribution in [0.25, 0.3) is 16.5 Å². The third kappa shape index (κ3) is 4.15. The number of pyridine rings is 1. The molecule has 3 aromatic rings. The summed E-state index contributed by atoms with van der Waals surface area (Å²) in [6, 6.07) is 15.3. The number of piperidine rings is 2. The minimum Gasteiger partial charge on any atom is -0.495 e. The van der Waals surface area contributed by atoms with Crippen molar-refractivity contribution in [1.82, 2.24) is 14.8 Å². The largest absolute Gasteiger partial charge is 0.495 e. The molecule has 172 valence electrons. The number of nitrogens with one attached hydrogen (secondary N) is 1. The quantitative estimate of drug-likeness (QED) is 0.645. The van der Waals surface area contributed by atoms with E-state index in [1.54, 1.807) is 19.4 Å². The summed E-state index contributed by atoms with van der Waals surface area (Å²) in [5.74, 6) is 0.929. The fourth-order valence-corrected chi connectivity index (χ4v) is 5.61. The molecule has 2 aliphatic rings. The van der Waals surface area contributed by atoms with Crippen molar-refractivity contribution in [3.05, 3.63) is 70.6 Å². The number of hydrogen-bond acceptors (Lipinski definition) is 4. The standard InChI is InChI=1S/C27H31N3O3/c1-33-25-14-5-4-13-24(25)30-18-22(20-10-2-3-11-21(20)27(30)32)26(31)28-17-19-9-8-16-29-15-7-6-12-23(19)29/h2-5,10-11,13-14,18-19,23H,6-9,12,15-17H2,1H3,(H,28,31). The average molecular weight is 446 g/mol. The molecule has 0 radical (unpaired) electrons. The van der Waals surface area contributed by atoms with E-state index >= 15 is 0 Å². The molecule has 3 heterocycles. The maximum atomic E-state index is 13.4. The van der Waals surface area contributed by atoms with E-state index < -0.39 is 0 Å². The molecule has 0 spiro atoms. The van der Waals surface area contributed by atoms with Crippen LogP contribution in [0.15, 0.2) is 59.5 Å². The summed E-state index contributed by atoms with van der Waals surface area (Å²) in [7, 11) is 1.58. The fourth-order valence-electron chi connectivity index (χ4n) is 5.61. The van der Waals surface area contributed by atoms with Gasteiger partial charge < -0.3 is 15.0 Å². The summed E-state index contributed by atoms with van der Waals surface area (Å²) in [4.78, 5) is 29.4. The Morgan fingerprint density at radius 1 is 1.00 bits per heavy atom. The van der Waals surface area contributed by atoms with Crippen LogP contribution in [0.3, 0.4) is 0 Å². The summed E-state index contributed by atoms with van der Waals surface area (Å²) in [6.07, 6.45) is 7.79. The van der Waals surface area contributed by atoms with E-state index in [9.17, 15) is 9.59 Å². The Balaban J connectivity index is 1.48. The summed E-state index contributed by atoms with van der Waals surface area (Å²) >= 11 is 0. The number of fused-ring (bicyclic) bond motifs is 2. The minimum atomic E-state index is -0.170. The van der Waals surface area contributed by atoms with Gasteiger partial charge in [-0.2, -0.15) is 0 Å². The second kappa shape index (κ2) is 9.40. The van der Waals surface area contributed by atoms with Gasteiger partial charge in [-0.05, 0) is 62.9 Å². The van der Waals surface area contributed by atoms with Gasteiger partial charge in [0.05, 0.1) is 18.4 Å². The topological polar surface area (TPSA) is 63.6 Å². The van der Waals surface area contributed by atoms with Gasteiger partial charge >= 0.3 is 0 Å². The second-order valence-corrected chi connectivity index (χ2v) is 9.15. The summed E-state index contributed by atoms with van der Waals surface area (Å²) in [6.45, 7) is 3.04. The van der Waals surface area contributed by atoms with Gasteiger partial charge in [-0.1, -0.05) is 36.8 Å². The highest BCUT2D eigenvalue weighted by Crippen LogP contribution is 2.30. The fraction of sp³-hybridized carbons (Fsp3) is 0.407. The van der Waals surface area contributed by atoms with Gasteiger partial charge in [0.25, 0.3) is 11.5 Å². The Labute approximate surface area is 194 Å². The molecule has 6 heteroatoms. The number of carbonyl (C=O) groups excluding carboxylic acids is 1.